The molecule has 0 fully saturated rings. The summed E-state index contributed by atoms with van der Waals surface area (Å²) in [5, 5.41) is 0. The molecule has 0 amide bonds. The molecule has 2 atom stereocenters. The molecule has 0 aliphatic carbocycles. The van der Waals surface area contributed by atoms with Gasteiger partial charge in [-0.2, -0.15) is 0 Å². The summed E-state index contributed by atoms with van der Waals surface area (Å²) < 4.78 is 5.80. The predicted molar refractivity (Wildman–Crippen MR) is 92.0 cm³/mol. The average molecular weight is 286 g/mol. The second kappa shape index (κ2) is 7.55. The maximum Gasteiger partial charge on any atom is 0.123 e. The molecule has 0 aliphatic rings. The number of ether oxygens (including phenoxy) is 1. The molecule has 1 aromatic carbocycles. The molecule has 1 nitrogen and oxygen atoms in total. The summed E-state index contributed by atoms with van der Waals surface area (Å²) in [4.78, 5) is 0. The normalized spacial score (nSPS) is 14.0. The lowest BCUT2D eigenvalue weighted by Gasteiger charge is -2.25. The van der Waals surface area contributed by atoms with Crippen LogP contribution in [0.4, 0.5) is 0 Å². The lowest BCUT2D eigenvalue weighted by Crippen LogP contribution is -2.15. The van der Waals surface area contributed by atoms with Gasteiger partial charge < -0.3 is 4.74 Å². The van der Waals surface area contributed by atoms with Crippen LogP contribution in [0.1, 0.15) is 71.9 Å². The lowest BCUT2D eigenvalue weighted by atomic mass is 9.82. The summed E-state index contributed by atoms with van der Waals surface area (Å²) in [6.45, 7) is 16.0. The molecule has 1 aromatic rings. The van der Waals surface area contributed by atoms with E-state index in [9.17, 15) is 0 Å². The summed E-state index contributed by atoms with van der Waals surface area (Å²) in [6.07, 6.45) is 0.924. The quantitative estimate of drug-likeness (QED) is 0.661. The van der Waals surface area contributed by atoms with E-state index in [-0.39, 0.29) is 5.41 Å². The van der Waals surface area contributed by atoms with Gasteiger partial charge in [0.05, 0.1) is 6.61 Å². The summed E-state index contributed by atoms with van der Waals surface area (Å²) in [6, 6.07) is 6.62. The van der Waals surface area contributed by atoms with Gasteiger partial charge in [-0.15, -0.1) is 5.92 Å². The van der Waals surface area contributed by atoms with Gasteiger partial charge in [-0.25, -0.2) is 0 Å². The molecule has 0 aromatic heterocycles. The van der Waals surface area contributed by atoms with Crippen molar-refractivity contribution in [1.29, 1.82) is 0 Å². The smallest absolute Gasteiger partial charge is 0.123 e. The van der Waals surface area contributed by atoms with Crippen molar-refractivity contribution in [3.63, 3.8) is 0 Å². The van der Waals surface area contributed by atoms with Gasteiger partial charge in [-0.3, -0.25) is 0 Å². The molecule has 116 valence electrons. The van der Waals surface area contributed by atoms with Crippen LogP contribution in [0.5, 0.6) is 5.75 Å². The van der Waals surface area contributed by atoms with Crippen molar-refractivity contribution in [2.24, 2.45) is 5.92 Å². The molecule has 1 rings (SSSR count). The van der Waals surface area contributed by atoms with E-state index in [2.05, 4.69) is 71.6 Å². The first kappa shape index (κ1) is 17.6. The highest BCUT2D eigenvalue weighted by Gasteiger charge is 2.21. The molecular weight excluding hydrogens is 256 g/mol. The fraction of sp³-hybridized carbons (Fsp3) is 0.600. The van der Waals surface area contributed by atoms with Crippen LogP contribution in [0.25, 0.3) is 0 Å². The monoisotopic (exact) mass is 286 g/mol. The van der Waals surface area contributed by atoms with E-state index in [0.717, 1.165) is 12.2 Å². The van der Waals surface area contributed by atoms with E-state index in [0.29, 0.717) is 18.4 Å². The number of hydrogen-bond donors (Lipinski definition) is 0. The standard InChI is InChI=1S/C20H30O/c1-8-10-11-15(3)16(4)17-12-13-19(21-9-2)18(14-17)20(5,6)7/h12-16H,8-9H2,1-7H3. The van der Waals surface area contributed by atoms with Crippen LogP contribution in [-0.4, -0.2) is 6.61 Å². The Morgan fingerprint density at radius 3 is 2.33 bits per heavy atom. The first-order valence-corrected chi connectivity index (χ1v) is 8.06. The van der Waals surface area contributed by atoms with Crippen LogP contribution >= 0.6 is 0 Å². The molecule has 0 spiro atoms. The largest absolute Gasteiger partial charge is 0.494 e. The highest BCUT2D eigenvalue weighted by atomic mass is 16.5. The Morgan fingerprint density at radius 2 is 1.81 bits per heavy atom. The fourth-order valence-corrected chi connectivity index (χ4v) is 2.38. The van der Waals surface area contributed by atoms with Gasteiger partial charge in [0.15, 0.2) is 0 Å². The van der Waals surface area contributed by atoms with Gasteiger partial charge in [0.25, 0.3) is 0 Å². The van der Waals surface area contributed by atoms with Crippen molar-refractivity contribution in [1.82, 2.24) is 0 Å². The molecule has 0 saturated carbocycles. The third kappa shape index (κ3) is 4.81. The van der Waals surface area contributed by atoms with Crippen molar-refractivity contribution in [3.05, 3.63) is 29.3 Å². The first-order chi connectivity index (χ1) is 9.81. The third-order valence-corrected chi connectivity index (χ3v) is 3.89. The molecule has 0 heterocycles. The van der Waals surface area contributed by atoms with Crippen molar-refractivity contribution >= 4 is 0 Å². The van der Waals surface area contributed by atoms with Crippen molar-refractivity contribution in [2.75, 3.05) is 6.61 Å². The molecule has 0 bridgehead atoms. The summed E-state index contributed by atoms with van der Waals surface area (Å²) in [7, 11) is 0. The van der Waals surface area contributed by atoms with Crippen LogP contribution in [0.2, 0.25) is 0 Å². The maximum atomic E-state index is 5.80. The minimum absolute atomic E-state index is 0.0819. The summed E-state index contributed by atoms with van der Waals surface area (Å²) in [5.74, 6) is 8.36. The van der Waals surface area contributed by atoms with E-state index in [1.54, 1.807) is 0 Å². The molecule has 0 radical (unpaired) electrons. The zero-order valence-corrected chi connectivity index (χ0v) is 14.7. The Labute approximate surface area is 131 Å². The van der Waals surface area contributed by atoms with E-state index in [4.69, 9.17) is 4.74 Å². The Hall–Kier alpha value is -1.42. The third-order valence-electron chi connectivity index (χ3n) is 3.89. The maximum absolute atomic E-state index is 5.80. The van der Waals surface area contributed by atoms with E-state index >= 15 is 0 Å². The topological polar surface area (TPSA) is 9.23 Å². The molecule has 0 aliphatic heterocycles. The van der Waals surface area contributed by atoms with Crippen molar-refractivity contribution < 1.29 is 4.74 Å². The molecule has 1 heteroatoms. The minimum atomic E-state index is 0.0819. The Kier molecular flexibility index (Phi) is 6.34. The van der Waals surface area contributed by atoms with Crippen LogP contribution in [0, 0.1) is 17.8 Å². The lowest BCUT2D eigenvalue weighted by molar-refractivity contribution is 0.329. The second-order valence-corrected chi connectivity index (χ2v) is 6.69. The zero-order valence-electron chi connectivity index (χ0n) is 14.7. The average Bonchev–Trinajstić information content (AvgIpc) is 2.43. The van der Waals surface area contributed by atoms with Gasteiger partial charge >= 0.3 is 0 Å². The summed E-state index contributed by atoms with van der Waals surface area (Å²) >= 11 is 0. The molecule has 0 saturated heterocycles. The first-order valence-electron chi connectivity index (χ1n) is 8.06. The van der Waals surface area contributed by atoms with Crippen LogP contribution in [0.15, 0.2) is 18.2 Å². The van der Waals surface area contributed by atoms with Gasteiger partial charge in [-0.1, -0.05) is 59.6 Å². The highest BCUT2D eigenvalue weighted by molar-refractivity contribution is 5.43. The predicted octanol–water partition coefficient (Wildman–Crippen LogP) is 5.54. The van der Waals surface area contributed by atoms with E-state index < -0.39 is 0 Å². The van der Waals surface area contributed by atoms with Crippen LogP contribution in [-0.2, 0) is 5.41 Å². The molecule has 2 unspecified atom stereocenters. The summed E-state index contributed by atoms with van der Waals surface area (Å²) in [5.41, 5.74) is 2.71. The Balaban J connectivity index is 3.15. The van der Waals surface area contributed by atoms with E-state index in [1.807, 2.05) is 6.92 Å². The SMILES string of the molecule is CCC#CC(C)C(C)c1ccc(OCC)c(C(C)(C)C)c1. The van der Waals surface area contributed by atoms with Gasteiger partial charge in [0, 0.05) is 12.3 Å². The van der Waals surface area contributed by atoms with Gasteiger partial charge in [0.1, 0.15) is 5.75 Å². The van der Waals surface area contributed by atoms with Crippen molar-refractivity contribution in [3.8, 4) is 17.6 Å². The highest BCUT2D eigenvalue weighted by Crippen LogP contribution is 2.35. The fourth-order valence-electron chi connectivity index (χ4n) is 2.38. The number of benzene rings is 1. The Morgan fingerprint density at radius 1 is 1.14 bits per heavy atom. The van der Waals surface area contributed by atoms with E-state index in [1.165, 1.54) is 11.1 Å². The van der Waals surface area contributed by atoms with Crippen molar-refractivity contribution in [2.45, 2.75) is 66.2 Å². The second-order valence-electron chi connectivity index (χ2n) is 6.69. The minimum Gasteiger partial charge on any atom is -0.494 e. The Bertz CT molecular complexity index is 511. The van der Waals surface area contributed by atoms with Gasteiger partial charge in [-0.05, 0) is 35.4 Å². The molecular formula is C20H30O. The molecule has 0 N–H and O–H groups in total. The van der Waals surface area contributed by atoms with Gasteiger partial charge in [0.2, 0.25) is 0 Å². The number of rotatable bonds is 4. The van der Waals surface area contributed by atoms with Crippen LogP contribution < -0.4 is 4.74 Å². The van der Waals surface area contributed by atoms with Crippen LogP contribution in [0.3, 0.4) is 0 Å². The zero-order chi connectivity index (χ0) is 16.0. The molecule has 21 heavy (non-hydrogen) atoms. The number of hydrogen-bond acceptors (Lipinski definition) is 1.